The van der Waals surface area contributed by atoms with E-state index in [-0.39, 0.29) is 10.9 Å². The number of furan rings is 1. The third-order valence-electron chi connectivity index (χ3n) is 2.53. The molecule has 0 radical (unpaired) electrons. The Hall–Kier alpha value is -2.34. The van der Waals surface area contributed by atoms with Crippen molar-refractivity contribution in [2.24, 2.45) is 5.73 Å². The number of hydrogen-bond acceptors (Lipinski definition) is 4. The molecule has 19 heavy (non-hydrogen) atoms. The molecule has 0 spiro atoms. The number of hydrogen-bond donors (Lipinski definition) is 2. The third-order valence-corrected chi connectivity index (χ3v) is 2.75. The van der Waals surface area contributed by atoms with Crippen LogP contribution in [0, 0.1) is 0 Å². The van der Waals surface area contributed by atoms with Gasteiger partial charge in [-0.05, 0) is 18.2 Å². The fraction of sp³-hybridized carbons (Fsp3) is 0.0769. The van der Waals surface area contributed by atoms with Crippen molar-refractivity contribution in [2.45, 2.75) is 0 Å². The molecule has 2 aromatic rings. The van der Waals surface area contributed by atoms with Gasteiger partial charge in [-0.15, -0.1) is 0 Å². The molecule has 0 aliphatic carbocycles. The van der Waals surface area contributed by atoms with Crippen LogP contribution in [0.4, 0.5) is 5.69 Å². The van der Waals surface area contributed by atoms with Gasteiger partial charge in [0.1, 0.15) is 17.0 Å². The minimum Gasteiger partial charge on any atom is -0.495 e. The van der Waals surface area contributed by atoms with Crippen LogP contribution in [-0.2, 0) is 0 Å². The van der Waals surface area contributed by atoms with E-state index in [0.717, 1.165) is 0 Å². The predicted octanol–water partition coefficient (Wildman–Crippen LogP) is 2.17. The number of nitrogens with two attached hydrogens (primary N) is 1. The number of thiocarbonyl (C=S) groups is 1. The summed E-state index contributed by atoms with van der Waals surface area (Å²) in [5.41, 5.74) is 7.04. The number of carbonyl (C=O) groups excluding carboxylic acids is 1. The number of nitrogens with one attached hydrogen (secondary N) is 1. The van der Waals surface area contributed by atoms with Crippen LogP contribution < -0.4 is 15.8 Å². The maximum atomic E-state index is 12.0. The molecule has 0 aliphatic rings. The van der Waals surface area contributed by atoms with E-state index < -0.39 is 0 Å². The van der Waals surface area contributed by atoms with Crippen LogP contribution in [0.15, 0.2) is 41.2 Å². The third kappa shape index (κ3) is 2.74. The van der Waals surface area contributed by atoms with Gasteiger partial charge in [0.2, 0.25) is 0 Å². The van der Waals surface area contributed by atoms with Gasteiger partial charge in [0.05, 0.1) is 24.6 Å². The van der Waals surface area contributed by atoms with Gasteiger partial charge >= 0.3 is 0 Å². The van der Waals surface area contributed by atoms with Crippen molar-refractivity contribution in [3.8, 4) is 5.75 Å². The van der Waals surface area contributed by atoms with Crippen LogP contribution in [0.1, 0.15) is 15.9 Å². The van der Waals surface area contributed by atoms with E-state index in [9.17, 15) is 4.79 Å². The molecule has 0 saturated carbocycles. The first-order valence-electron chi connectivity index (χ1n) is 5.44. The zero-order valence-electron chi connectivity index (χ0n) is 10.2. The lowest BCUT2D eigenvalue weighted by Crippen LogP contribution is -2.18. The Morgan fingerprint density at radius 1 is 1.42 bits per heavy atom. The molecular formula is C13H12N2O3S. The monoisotopic (exact) mass is 276 g/mol. The zero-order chi connectivity index (χ0) is 13.8. The van der Waals surface area contributed by atoms with Gasteiger partial charge in [0.15, 0.2) is 0 Å². The molecule has 0 saturated heterocycles. The molecule has 6 heteroatoms. The Labute approximate surface area is 115 Å². The number of carbonyl (C=O) groups is 1. The molecule has 2 rings (SSSR count). The summed E-state index contributed by atoms with van der Waals surface area (Å²) in [5.74, 6) is 0.165. The summed E-state index contributed by atoms with van der Waals surface area (Å²) in [5, 5.41) is 2.72. The number of para-hydroxylation sites is 1. The van der Waals surface area contributed by atoms with Crippen molar-refractivity contribution in [3.63, 3.8) is 0 Å². The normalized spacial score (nSPS) is 9.95. The first kappa shape index (κ1) is 13.1. The fourth-order valence-electron chi connectivity index (χ4n) is 1.61. The molecule has 0 aliphatic heterocycles. The second kappa shape index (κ2) is 5.53. The number of methoxy groups -OCH3 is 1. The molecule has 3 N–H and O–H groups in total. The highest BCUT2D eigenvalue weighted by atomic mass is 32.1. The number of ether oxygens (including phenoxy) is 1. The lowest BCUT2D eigenvalue weighted by atomic mass is 10.1. The summed E-state index contributed by atoms with van der Waals surface area (Å²) in [6.07, 6.45) is 2.77. The number of benzene rings is 1. The maximum absolute atomic E-state index is 12.0. The minimum atomic E-state index is -0.323. The van der Waals surface area contributed by atoms with E-state index in [1.165, 1.54) is 19.6 Å². The first-order valence-corrected chi connectivity index (χ1v) is 5.84. The van der Waals surface area contributed by atoms with E-state index in [1.807, 2.05) is 0 Å². The lowest BCUT2D eigenvalue weighted by molar-refractivity contribution is 0.102. The number of amides is 1. The van der Waals surface area contributed by atoms with Gasteiger partial charge in [0, 0.05) is 5.56 Å². The van der Waals surface area contributed by atoms with Crippen molar-refractivity contribution in [1.29, 1.82) is 0 Å². The maximum Gasteiger partial charge on any atom is 0.259 e. The largest absolute Gasteiger partial charge is 0.495 e. The summed E-state index contributed by atoms with van der Waals surface area (Å²) in [4.78, 5) is 12.2. The highest BCUT2D eigenvalue weighted by Crippen LogP contribution is 2.28. The Kier molecular flexibility index (Phi) is 3.82. The quantitative estimate of drug-likeness (QED) is 0.837. The Morgan fingerprint density at radius 2 is 2.21 bits per heavy atom. The summed E-state index contributed by atoms with van der Waals surface area (Å²) in [7, 11) is 1.51. The van der Waals surface area contributed by atoms with Crippen LogP contribution in [0.25, 0.3) is 0 Å². The van der Waals surface area contributed by atoms with Gasteiger partial charge in [-0.1, -0.05) is 18.3 Å². The molecule has 0 fully saturated rings. The average Bonchev–Trinajstić information content (AvgIpc) is 2.92. The lowest BCUT2D eigenvalue weighted by Gasteiger charge is -2.13. The van der Waals surface area contributed by atoms with Crippen LogP contribution in [-0.4, -0.2) is 18.0 Å². The molecule has 0 bridgehead atoms. The van der Waals surface area contributed by atoms with Crippen LogP contribution >= 0.6 is 12.2 Å². The smallest absolute Gasteiger partial charge is 0.259 e. The van der Waals surface area contributed by atoms with Crippen molar-refractivity contribution in [1.82, 2.24) is 0 Å². The summed E-state index contributed by atoms with van der Waals surface area (Å²) < 4.78 is 10.1. The summed E-state index contributed by atoms with van der Waals surface area (Å²) >= 11 is 4.96. The molecule has 1 amide bonds. The van der Waals surface area contributed by atoms with Crippen molar-refractivity contribution >= 4 is 28.8 Å². The van der Waals surface area contributed by atoms with E-state index >= 15 is 0 Å². The van der Waals surface area contributed by atoms with Crippen molar-refractivity contribution in [3.05, 3.63) is 47.9 Å². The van der Waals surface area contributed by atoms with Gasteiger partial charge in [-0.2, -0.15) is 0 Å². The molecular weight excluding hydrogens is 264 g/mol. The fourth-order valence-corrected chi connectivity index (χ4v) is 1.78. The van der Waals surface area contributed by atoms with Crippen LogP contribution in [0.5, 0.6) is 5.75 Å². The second-order valence-electron chi connectivity index (χ2n) is 3.71. The molecule has 1 aromatic heterocycles. The van der Waals surface area contributed by atoms with Gasteiger partial charge in [0.25, 0.3) is 5.91 Å². The Morgan fingerprint density at radius 3 is 2.79 bits per heavy atom. The molecule has 0 atom stereocenters. The molecule has 1 aromatic carbocycles. The van der Waals surface area contributed by atoms with Gasteiger partial charge < -0.3 is 20.2 Å². The summed E-state index contributed by atoms with van der Waals surface area (Å²) in [6, 6.07) is 6.74. The van der Waals surface area contributed by atoms with E-state index in [0.29, 0.717) is 22.6 Å². The van der Waals surface area contributed by atoms with E-state index in [1.54, 1.807) is 24.3 Å². The standard InChI is InChI=1S/C13H12N2O3S/c1-17-10-4-2-3-9(12(14)19)11(10)15-13(16)8-5-6-18-7-8/h2-7H,1H3,(H2,14,19)(H,15,16). The molecule has 5 nitrogen and oxygen atoms in total. The van der Waals surface area contributed by atoms with E-state index in [4.69, 9.17) is 27.1 Å². The number of anilines is 1. The van der Waals surface area contributed by atoms with Crippen LogP contribution in [0.2, 0.25) is 0 Å². The molecule has 0 unspecified atom stereocenters. The Bertz CT molecular complexity index is 608. The first-order chi connectivity index (χ1) is 9.13. The predicted molar refractivity (Wildman–Crippen MR) is 75.5 cm³/mol. The van der Waals surface area contributed by atoms with Gasteiger partial charge in [-0.3, -0.25) is 4.79 Å². The van der Waals surface area contributed by atoms with Crippen molar-refractivity contribution < 1.29 is 13.9 Å². The topological polar surface area (TPSA) is 77.5 Å². The highest BCUT2D eigenvalue weighted by molar-refractivity contribution is 7.80. The van der Waals surface area contributed by atoms with E-state index in [2.05, 4.69) is 5.32 Å². The van der Waals surface area contributed by atoms with Gasteiger partial charge in [-0.25, -0.2) is 0 Å². The molecule has 98 valence electrons. The summed E-state index contributed by atoms with van der Waals surface area (Å²) in [6.45, 7) is 0. The average molecular weight is 276 g/mol. The van der Waals surface area contributed by atoms with Crippen molar-refractivity contribution in [2.75, 3.05) is 12.4 Å². The minimum absolute atomic E-state index is 0.182. The highest BCUT2D eigenvalue weighted by Gasteiger charge is 2.15. The van der Waals surface area contributed by atoms with Crippen LogP contribution in [0.3, 0.4) is 0 Å². The zero-order valence-corrected chi connectivity index (χ0v) is 11.0. The number of rotatable bonds is 4. The second-order valence-corrected chi connectivity index (χ2v) is 4.15. The SMILES string of the molecule is COc1cccc(C(N)=S)c1NC(=O)c1ccoc1. The Balaban J connectivity index is 2.38. The molecule has 1 heterocycles.